The van der Waals surface area contributed by atoms with Gasteiger partial charge in [0, 0.05) is 6.54 Å². The number of hydrogen-bond acceptors (Lipinski definition) is 4. The van der Waals surface area contributed by atoms with Crippen LogP contribution in [-0.4, -0.2) is 22.6 Å². The molecule has 1 aromatic heterocycles. The minimum absolute atomic E-state index is 0.204. The number of nitrogens with one attached hydrogen (secondary N) is 1. The summed E-state index contributed by atoms with van der Waals surface area (Å²) in [5.74, 6) is 1.65. The second-order valence-electron chi connectivity index (χ2n) is 4.50. The average molecular weight is 251 g/mol. The van der Waals surface area contributed by atoms with Crippen molar-refractivity contribution in [3.63, 3.8) is 0 Å². The van der Waals surface area contributed by atoms with E-state index in [1.54, 1.807) is 6.33 Å². The minimum atomic E-state index is 0.204. The largest absolute Gasteiger partial charge is 0.474 e. The van der Waals surface area contributed by atoms with Gasteiger partial charge in [0.25, 0.3) is 0 Å². The van der Waals surface area contributed by atoms with Crippen LogP contribution in [0.2, 0.25) is 0 Å². The maximum absolute atomic E-state index is 5.93. The quantitative estimate of drug-likeness (QED) is 0.769. The molecule has 1 atom stereocenters. The smallest absolute Gasteiger partial charge is 0.222 e. The van der Waals surface area contributed by atoms with Gasteiger partial charge in [-0.2, -0.15) is 0 Å². The molecule has 0 saturated carbocycles. The highest BCUT2D eigenvalue weighted by atomic mass is 16.5. The molecule has 0 amide bonds. The molecule has 1 heterocycles. The van der Waals surface area contributed by atoms with Crippen molar-refractivity contribution in [1.29, 1.82) is 0 Å². The van der Waals surface area contributed by atoms with Crippen LogP contribution in [0.25, 0.3) is 0 Å². The highest BCUT2D eigenvalue weighted by molar-refractivity contribution is 5.48. The number of hydrogen-bond donors (Lipinski definition) is 1. The summed E-state index contributed by atoms with van der Waals surface area (Å²) in [4.78, 5) is 8.59. The lowest BCUT2D eigenvalue weighted by atomic mass is 10.1. The maximum Gasteiger partial charge on any atom is 0.222 e. The first-order valence-corrected chi connectivity index (χ1v) is 6.97. The summed E-state index contributed by atoms with van der Waals surface area (Å²) < 4.78 is 5.93. The first-order chi connectivity index (χ1) is 8.72. The Morgan fingerprint density at radius 3 is 2.61 bits per heavy atom. The Morgan fingerprint density at radius 2 is 2.00 bits per heavy atom. The predicted molar refractivity (Wildman–Crippen MR) is 75.2 cm³/mol. The lowest BCUT2D eigenvalue weighted by Crippen LogP contribution is -2.15. The van der Waals surface area contributed by atoms with Gasteiger partial charge in [0.1, 0.15) is 12.1 Å². The average Bonchev–Trinajstić information content (AvgIpc) is 2.34. The molecular formula is C14H25N3O. The van der Waals surface area contributed by atoms with Crippen LogP contribution in [0.15, 0.2) is 6.33 Å². The van der Waals surface area contributed by atoms with E-state index in [-0.39, 0.29) is 6.10 Å². The van der Waals surface area contributed by atoms with E-state index in [1.165, 1.54) is 0 Å². The topological polar surface area (TPSA) is 47.0 Å². The van der Waals surface area contributed by atoms with E-state index >= 15 is 0 Å². The number of anilines is 1. The SMILES string of the molecule is CCCc1c(NCC)ncnc1OC(C)CCC. The molecule has 1 rings (SSSR count). The van der Waals surface area contributed by atoms with Crippen molar-refractivity contribution in [1.82, 2.24) is 9.97 Å². The molecular weight excluding hydrogens is 226 g/mol. The second-order valence-corrected chi connectivity index (χ2v) is 4.50. The van der Waals surface area contributed by atoms with Gasteiger partial charge in [0.15, 0.2) is 0 Å². The van der Waals surface area contributed by atoms with E-state index in [4.69, 9.17) is 4.74 Å². The molecule has 0 aliphatic carbocycles. The summed E-state index contributed by atoms with van der Waals surface area (Å²) in [6.07, 6.45) is 5.95. The zero-order valence-corrected chi connectivity index (χ0v) is 12.0. The molecule has 1 unspecified atom stereocenters. The van der Waals surface area contributed by atoms with Gasteiger partial charge >= 0.3 is 0 Å². The molecule has 0 radical (unpaired) electrons. The molecule has 0 aromatic carbocycles. The third kappa shape index (κ3) is 4.17. The first kappa shape index (κ1) is 14.7. The monoisotopic (exact) mass is 251 g/mol. The van der Waals surface area contributed by atoms with Crippen LogP contribution in [0.5, 0.6) is 5.88 Å². The molecule has 0 bridgehead atoms. The number of rotatable bonds is 8. The molecule has 0 aliphatic heterocycles. The van der Waals surface area contributed by atoms with E-state index in [0.29, 0.717) is 0 Å². The lowest BCUT2D eigenvalue weighted by Gasteiger charge is -2.17. The number of ether oxygens (including phenoxy) is 1. The van der Waals surface area contributed by atoms with Gasteiger partial charge in [-0.25, -0.2) is 9.97 Å². The van der Waals surface area contributed by atoms with Crippen molar-refractivity contribution in [3.05, 3.63) is 11.9 Å². The van der Waals surface area contributed by atoms with E-state index in [1.807, 2.05) is 0 Å². The van der Waals surface area contributed by atoms with Crippen molar-refractivity contribution in [2.24, 2.45) is 0 Å². The Kier molecular flexibility index (Phi) is 6.47. The molecule has 1 aromatic rings. The lowest BCUT2D eigenvalue weighted by molar-refractivity contribution is 0.199. The Balaban J connectivity index is 2.90. The maximum atomic E-state index is 5.93. The minimum Gasteiger partial charge on any atom is -0.474 e. The van der Waals surface area contributed by atoms with Crippen molar-refractivity contribution < 1.29 is 4.74 Å². The molecule has 1 N–H and O–H groups in total. The van der Waals surface area contributed by atoms with Crippen molar-refractivity contribution in [2.75, 3.05) is 11.9 Å². The zero-order valence-electron chi connectivity index (χ0n) is 12.0. The Hall–Kier alpha value is -1.32. The summed E-state index contributed by atoms with van der Waals surface area (Å²) >= 11 is 0. The van der Waals surface area contributed by atoms with Gasteiger partial charge < -0.3 is 10.1 Å². The van der Waals surface area contributed by atoms with Crippen molar-refractivity contribution in [3.8, 4) is 5.88 Å². The number of aromatic nitrogens is 2. The van der Waals surface area contributed by atoms with Crippen LogP contribution >= 0.6 is 0 Å². The zero-order chi connectivity index (χ0) is 13.4. The normalized spacial score (nSPS) is 12.2. The highest BCUT2D eigenvalue weighted by Crippen LogP contribution is 2.24. The molecule has 0 aliphatic rings. The van der Waals surface area contributed by atoms with Gasteiger partial charge in [-0.05, 0) is 26.7 Å². The van der Waals surface area contributed by atoms with Gasteiger partial charge in [0.05, 0.1) is 11.7 Å². The predicted octanol–water partition coefficient (Wildman–Crippen LogP) is 3.43. The molecule has 0 spiro atoms. The van der Waals surface area contributed by atoms with Crippen molar-refractivity contribution in [2.45, 2.75) is 59.5 Å². The van der Waals surface area contributed by atoms with Gasteiger partial charge in [-0.15, -0.1) is 0 Å². The fourth-order valence-corrected chi connectivity index (χ4v) is 1.95. The van der Waals surface area contributed by atoms with E-state index in [2.05, 4.69) is 43.0 Å². The van der Waals surface area contributed by atoms with Crippen LogP contribution < -0.4 is 10.1 Å². The fraction of sp³-hybridized carbons (Fsp3) is 0.714. The first-order valence-electron chi connectivity index (χ1n) is 6.97. The van der Waals surface area contributed by atoms with E-state index < -0.39 is 0 Å². The Bertz CT molecular complexity index is 355. The molecule has 102 valence electrons. The summed E-state index contributed by atoms with van der Waals surface area (Å²) in [5.41, 5.74) is 1.10. The number of nitrogens with zero attached hydrogens (tertiary/aromatic N) is 2. The van der Waals surface area contributed by atoms with Crippen LogP contribution in [0.4, 0.5) is 5.82 Å². The molecule has 4 heteroatoms. The second kappa shape index (κ2) is 7.90. The summed E-state index contributed by atoms with van der Waals surface area (Å²) in [5, 5.41) is 3.28. The van der Waals surface area contributed by atoms with Gasteiger partial charge in [-0.1, -0.05) is 26.7 Å². The third-order valence-electron chi connectivity index (χ3n) is 2.76. The Morgan fingerprint density at radius 1 is 1.22 bits per heavy atom. The fourth-order valence-electron chi connectivity index (χ4n) is 1.95. The van der Waals surface area contributed by atoms with Gasteiger partial charge in [0.2, 0.25) is 5.88 Å². The van der Waals surface area contributed by atoms with Crippen LogP contribution in [0.3, 0.4) is 0 Å². The summed E-state index contributed by atoms with van der Waals surface area (Å²) in [6, 6.07) is 0. The third-order valence-corrected chi connectivity index (χ3v) is 2.76. The standard InChI is InChI=1S/C14H25N3O/c1-5-8-11(4)18-14-12(9-6-2)13(15-7-3)16-10-17-14/h10-11H,5-9H2,1-4H3,(H,15,16,17). The highest BCUT2D eigenvalue weighted by Gasteiger charge is 2.13. The summed E-state index contributed by atoms with van der Waals surface area (Å²) in [7, 11) is 0. The molecule has 0 fully saturated rings. The van der Waals surface area contributed by atoms with Crippen LogP contribution in [-0.2, 0) is 6.42 Å². The summed E-state index contributed by atoms with van der Waals surface area (Å²) in [6.45, 7) is 9.34. The molecule has 18 heavy (non-hydrogen) atoms. The Labute approximate surface area is 110 Å². The molecule has 0 saturated heterocycles. The van der Waals surface area contributed by atoms with E-state index in [9.17, 15) is 0 Å². The van der Waals surface area contributed by atoms with E-state index in [0.717, 1.165) is 49.5 Å². The van der Waals surface area contributed by atoms with Crippen molar-refractivity contribution >= 4 is 5.82 Å². The van der Waals surface area contributed by atoms with Crippen LogP contribution in [0, 0.1) is 0 Å². The molecule has 4 nitrogen and oxygen atoms in total. The van der Waals surface area contributed by atoms with Crippen LogP contribution in [0.1, 0.15) is 52.5 Å². The van der Waals surface area contributed by atoms with Gasteiger partial charge in [-0.3, -0.25) is 0 Å².